The lowest BCUT2D eigenvalue weighted by Gasteiger charge is -2.51. The third kappa shape index (κ3) is 2.37. The molecule has 1 saturated carbocycles. The van der Waals surface area contributed by atoms with Gasteiger partial charge in [0.2, 0.25) is 0 Å². The Labute approximate surface area is 120 Å². The molecule has 0 N–H and O–H groups in total. The van der Waals surface area contributed by atoms with Gasteiger partial charge in [-0.05, 0) is 31.2 Å². The smallest absolute Gasteiger partial charge is 0.235 e. The summed E-state index contributed by atoms with van der Waals surface area (Å²) >= 11 is 0. The van der Waals surface area contributed by atoms with Crippen LogP contribution >= 0.6 is 0 Å². The lowest BCUT2D eigenvalue weighted by atomic mass is 9.74. The molecule has 1 aromatic rings. The molecule has 1 heterocycles. The highest BCUT2D eigenvalue weighted by Crippen LogP contribution is 2.48. The molecular formula is C17H23F2N. The molecule has 2 fully saturated rings. The lowest BCUT2D eigenvalue weighted by molar-refractivity contribution is -0.220. The van der Waals surface area contributed by atoms with E-state index in [1.165, 1.54) is 11.3 Å². The molecule has 1 saturated heterocycles. The van der Waals surface area contributed by atoms with E-state index in [0.29, 0.717) is 13.0 Å². The molecule has 0 atom stereocenters. The maximum atomic E-state index is 14.5. The second kappa shape index (κ2) is 5.44. The minimum absolute atomic E-state index is 0.0155. The standard InChI is InChI=1S/C17H23F2N/c18-17(19)13-7-8-14-20(17)16(11-5-2-6-12-16)15-9-3-1-4-10-15/h1,3-4,9-10H,2,5-8,11-14H2. The average Bonchev–Trinajstić information content (AvgIpc) is 2.48. The van der Waals surface area contributed by atoms with Gasteiger partial charge in [-0.25, -0.2) is 4.90 Å². The number of hydrogen-bond donors (Lipinski definition) is 0. The highest BCUT2D eigenvalue weighted by Gasteiger charge is 2.51. The van der Waals surface area contributed by atoms with Crippen molar-refractivity contribution in [1.82, 2.24) is 4.90 Å². The van der Waals surface area contributed by atoms with Crippen LogP contribution in [-0.2, 0) is 5.54 Å². The molecule has 0 amide bonds. The van der Waals surface area contributed by atoms with E-state index in [9.17, 15) is 8.78 Å². The van der Waals surface area contributed by atoms with E-state index in [1.54, 1.807) is 0 Å². The molecule has 0 radical (unpaired) electrons. The summed E-state index contributed by atoms with van der Waals surface area (Å²) < 4.78 is 29.0. The number of hydrogen-bond acceptors (Lipinski definition) is 1. The Morgan fingerprint density at radius 1 is 0.800 bits per heavy atom. The monoisotopic (exact) mass is 279 g/mol. The summed E-state index contributed by atoms with van der Waals surface area (Å²) in [5.74, 6) is 0. The van der Waals surface area contributed by atoms with Crippen LogP contribution in [0, 0.1) is 0 Å². The van der Waals surface area contributed by atoms with Gasteiger partial charge in [0.05, 0.1) is 5.54 Å². The van der Waals surface area contributed by atoms with Crippen LogP contribution in [0.2, 0.25) is 0 Å². The van der Waals surface area contributed by atoms with Crippen LogP contribution in [0.4, 0.5) is 8.78 Å². The highest BCUT2D eigenvalue weighted by atomic mass is 19.3. The first-order valence-corrected chi connectivity index (χ1v) is 7.86. The van der Waals surface area contributed by atoms with Gasteiger partial charge >= 0.3 is 6.05 Å². The molecule has 3 rings (SSSR count). The molecule has 0 unspecified atom stereocenters. The molecule has 1 aliphatic heterocycles. The first-order valence-electron chi connectivity index (χ1n) is 7.86. The Morgan fingerprint density at radius 2 is 1.45 bits per heavy atom. The number of piperidine rings is 1. The van der Waals surface area contributed by atoms with Crippen molar-refractivity contribution in [2.24, 2.45) is 0 Å². The SMILES string of the molecule is FC1(F)CCCCN1C1(c2ccccc2)CCCCC1. The minimum atomic E-state index is -2.65. The fourth-order valence-electron chi connectivity index (χ4n) is 4.03. The molecule has 0 bridgehead atoms. The topological polar surface area (TPSA) is 3.24 Å². The van der Waals surface area contributed by atoms with Gasteiger partial charge in [-0.15, -0.1) is 0 Å². The highest BCUT2D eigenvalue weighted by molar-refractivity contribution is 5.26. The van der Waals surface area contributed by atoms with Crippen molar-refractivity contribution in [3.05, 3.63) is 35.9 Å². The second-order valence-corrected chi connectivity index (χ2v) is 6.23. The summed E-state index contributed by atoms with van der Waals surface area (Å²) in [5, 5.41) is 0. The number of rotatable bonds is 2. The third-order valence-electron chi connectivity index (χ3n) is 5.01. The van der Waals surface area contributed by atoms with E-state index < -0.39 is 11.6 Å². The van der Waals surface area contributed by atoms with E-state index >= 15 is 0 Å². The molecule has 1 nitrogen and oxygen atoms in total. The Kier molecular flexibility index (Phi) is 3.80. The number of halogens is 2. The van der Waals surface area contributed by atoms with Crippen LogP contribution < -0.4 is 0 Å². The normalized spacial score (nSPS) is 26.3. The molecule has 1 aromatic carbocycles. The molecule has 3 heteroatoms. The molecular weight excluding hydrogens is 256 g/mol. The van der Waals surface area contributed by atoms with Crippen molar-refractivity contribution in [3.63, 3.8) is 0 Å². The maximum absolute atomic E-state index is 14.5. The first kappa shape index (κ1) is 14.0. The van der Waals surface area contributed by atoms with Crippen LogP contribution in [0.15, 0.2) is 30.3 Å². The van der Waals surface area contributed by atoms with Gasteiger partial charge in [0, 0.05) is 13.0 Å². The van der Waals surface area contributed by atoms with Crippen LogP contribution in [0.25, 0.3) is 0 Å². The van der Waals surface area contributed by atoms with Crippen LogP contribution in [-0.4, -0.2) is 17.5 Å². The molecule has 0 aromatic heterocycles. The number of benzene rings is 1. The maximum Gasteiger partial charge on any atom is 0.305 e. The Hall–Kier alpha value is -0.960. The Bertz CT molecular complexity index is 438. The van der Waals surface area contributed by atoms with Crippen LogP contribution in [0.5, 0.6) is 0 Å². The van der Waals surface area contributed by atoms with Crippen LogP contribution in [0.3, 0.4) is 0 Å². The summed E-state index contributed by atoms with van der Waals surface area (Å²) in [6, 6.07) is 7.35. The zero-order chi connectivity index (χ0) is 14.1. The Balaban J connectivity index is 2.01. The largest absolute Gasteiger partial charge is 0.305 e. The van der Waals surface area contributed by atoms with Gasteiger partial charge in [-0.1, -0.05) is 49.6 Å². The quantitative estimate of drug-likeness (QED) is 0.694. The Morgan fingerprint density at radius 3 is 2.10 bits per heavy atom. The van der Waals surface area contributed by atoms with E-state index in [0.717, 1.165) is 37.7 Å². The summed E-state index contributed by atoms with van der Waals surface area (Å²) in [7, 11) is 0. The lowest BCUT2D eigenvalue weighted by Crippen LogP contribution is -2.58. The van der Waals surface area contributed by atoms with E-state index in [2.05, 4.69) is 0 Å². The van der Waals surface area contributed by atoms with Crippen LogP contribution in [0.1, 0.15) is 56.9 Å². The molecule has 20 heavy (non-hydrogen) atoms. The molecule has 0 spiro atoms. The molecule has 2 aliphatic rings. The predicted molar refractivity (Wildman–Crippen MR) is 76.7 cm³/mol. The van der Waals surface area contributed by atoms with Crippen molar-refractivity contribution in [3.8, 4) is 0 Å². The first-order chi connectivity index (χ1) is 9.65. The van der Waals surface area contributed by atoms with Gasteiger partial charge in [-0.2, -0.15) is 8.78 Å². The zero-order valence-corrected chi connectivity index (χ0v) is 12.0. The predicted octanol–water partition coefficient (Wildman–Crippen LogP) is 4.92. The summed E-state index contributed by atoms with van der Waals surface area (Å²) in [5.41, 5.74) is 0.643. The van der Waals surface area contributed by atoms with Gasteiger partial charge < -0.3 is 0 Å². The summed E-state index contributed by atoms with van der Waals surface area (Å²) in [6.07, 6.45) is 6.58. The van der Waals surface area contributed by atoms with Gasteiger partial charge in [0.1, 0.15) is 0 Å². The van der Waals surface area contributed by atoms with Crippen molar-refractivity contribution >= 4 is 0 Å². The van der Waals surface area contributed by atoms with Crippen molar-refractivity contribution in [2.45, 2.75) is 63.0 Å². The molecule has 1 aliphatic carbocycles. The van der Waals surface area contributed by atoms with E-state index in [4.69, 9.17) is 0 Å². The van der Waals surface area contributed by atoms with Crippen molar-refractivity contribution in [2.75, 3.05) is 6.54 Å². The average molecular weight is 279 g/mol. The van der Waals surface area contributed by atoms with Crippen molar-refractivity contribution in [1.29, 1.82) is 0 Å². The van der Waals surface area contributed by atoms with Gasteiger partial charge in [0.25, 0.3) is 0 Å². The van der Waals surface area contributed by atoms with Crippen molar-refractivity contribution < 1.29 is 8.78 Å². The van der Waals surface area contributed by atoms with E-state index in [-0.39, 0.29) is 6.42 Å². The minimum Gasteiger partial charge on any atom is -0.235 e. The number of likely N-dealkylation sites (tertiary alicyclic amines) is 1. The number of nitrogens with zero attached hydrogens (tertiary/aromatic N) is 1. The van der Waals surface area contributed by atoms with Gasteiger partial charge in [0.15, 0.2) is 0 Å². The summed E-state index contributed by atoms with van der Waals surface area (Å²) in [6.45, 7) is 0.530. The third-order valence-corrected chi connectivity index (χ3v) is 5.01. The number of alkyl halides is 2. The fourth-order valence-corrected chi connectivity index (χ4v) is 4.03. The second-order valence-electron chi connectivity index (χ2n) is 6.23. The zero-order valence-electron chi connectivity index (χ0n) is 12.0. The summed E-state index contributed by atoms with van der Waals surface area (Å²) in [4.78, 5) is 1.54. The molecule has 110 valence electrons. The van der Waals surface area contributed by atoms with E-state index in [1.807, 2.05) is 30.3 Å². The van der Waals surface area contributed by atoms with Gasteiger partial charge in [-0.3, -0.25) is 0 Å². The fraction of sp³-hybridized carbons (Fsp3) is 0.647.